The fraction of sp³-hybridized carbons (Fsp3) is 0.312. The lowest BCUT2D eigenvalue weighted by molar-refractivity contribution is 0.418. The molecule has 0 saturated carbocycles. The normalized spacial score (nSPS) is 21.8. The number of rotatable bonds is 0. The molecular formula is C16H17N. The average Bonchev–Trinajstić information content (AvgIpc) is 2.34. The number of hydrogen-bond acceptors (Lipinski definition) is 1. The van der Waals surface area contributed by atoms with Crippen molar-refractivity contribution in [3.05, 3.63) is 48.3 Å². The van der Waals surface area contributed by atoms with Crippen molar-refractivity contribution in [2.75, 3.05) is 0 Å². The molecule has 0 spiro atoms. The van der Waals surface area contributed by atoms with Gasteiger partial charge in [0.15, 0.2) is 0 Å². The molecule has 3 rings (SSSR count). The Morgan fingerprint density at radius 1 is 1.24 bits per heavy atom. The van der Waals surface area contributed by atoms with Crippen molar-refractivity contribution in [1.82, 2.24) is 4.98 Å². The second kappa shape index (κ2) is 3.19. The van der Waals surface area contributed by atoms with E-state index in [2.05, 4.69) is 56.6 Å². The van der Waals surface area contributed by atoms with Crippen molar-refractivity contribution in [2.24, 2.45) is 5.92 Å². The summed E-state index contributed by atoms with van der Waals surface area (Å²) in [6.45, 7) is 11.1. The molecule has 1 aromatic carbocycles. The van der Waals surface area contributed by atoms with E-state index in [-0.39, 0.29) is 5.41 Å². The summed E-state index contributed by atoms with van der Waals surface area (Å²) in [6, 6.07) is 8.62. The van der Waals surface area contributed by atoms with Crippen LogP contribution in [0.25, 0.3) is 16.3 Å². The van der Waals surface area contributed by atoms with Gasteiger partial charge in [0, 0.05) is 11.6 Å². The largest absolute Gasteiger partial charge is 0.256 e. The van der Waals surface area contributed by atoms with Gasteiger partial charge in [-0.15, -0.1) is 0 Å². The predicted octanol–water partition coefficient (Wildman–Crippen LogP) is 4.18. The summed E-state index contributed by atoms with van der Waals surface area (Å²) in [5.41, 5.74) is 3.79. The second-order valence-electron chi connectivity index (χ2n) is 5.53. The Bertz CT molecular complexity index is 617. The quantitative estimate of drug-likeness (QED) is 0.653. The van der Waals surface area contributed by atoms with Crippen molar-refractivity contribution in [3.8, 4) is 0 Å². The van der Waals surface area contributed by atoms with Gasteiger partial charge in [0.05, 0.1) is 5.69 Å². The van der Waals surface area contributed by atoms with E-state index >= 15 is 0 Å². The van der Waals surface area contributed by atoms with Crippen LogP contribution in [0.3, 0.4) is 0 Å². The van der Waals surface area contributed by atoms with Gasteiger partial charge in [-0.1, -0.05) is 45.5 Å². The van der Waals surface area contributed by atoms with Crippen LogP contribution in [0, 0.1) is 5.92 Å². The van der Waals surface area contributed by atoms with Crippen molar-refractivity contribution in [1.29, 1.82) is 0 Å². The summed E-state index contributed by atoms with van der Waals surface area (Å²) in [5.74, 6) is 0.426. The van der Waals surface area contributed by atoms with Crippen LogP contribution in [0.1, 0.15) is 32.0 Å². The molecule has 1 aliphatic carbocycles. The lowest BCUT2D eigenvalue weighted by atomic mass is 9.65. The van der Waals surface area contributed by atoms with E-state index in [4.69, 9.17) is 0 Å². The first-order valence-electron chi connectivity index (χ1n) is 6.11. The van der Waals surface area contributed by atoms with E-state index in [9.17, 15) is 0 Å². The maximum absolute atomic E-state index is 4.53. The van der Waals surface area contributed by atoms with Crippen molar-refractivity contribution >= 4 is 16.3 Å². The third kappa shape index (κ3) is 1.22. The molecule has 0 N–H and O–H groups in total. The zero-order valence-electron chi connectivity index (χ0n) is 10.6. The van der Waals surface area contributed by atoms with Crippen molar-refractivity contribution in [2.45, 2.75) is 26.2 Å². The summed E-state index contributed by atoms with van der Waals surface area (Å²) >= 11 is 0. The average molecular weight is 223 g/mol. The number of pyridine rings is 1. The summed E-state index contributed by atoms with van der Waals surface area (Å²) < 4.78 is 0. The summed E-state index contributed by atoms with van der Waals surface area (Å²) in [6.07, 6.45) is 1.89. The van der Waals surface area contributed by atoms with E-state index in [1.807, 2.05) is 6.20 Å². The highest BCUT2D eigenvalue weighted by Gasteiger charge is 2.37. The Balaban J connectivity index is 2.52. The standard InChI is InChI=1S/C16H17N/c1-10-11(2)16(3,4)13-7-5-6-12-8-9-17-15(10)14(12)13/h5-9,11H,1H2,2-4H3. The summed E-state index contributed by atoms with van der Waals surface area (Å²) in [7, 11) is 0. The van der Waals surface area contributed by atoms with Gasteiger partial charge in [0.25, 0.3) is 0 Å². The van der Waals surface area contributed by atoms with Crippen LogP contribution in [0.4, 0.5) is 0 Å². The molecule has 1 heterocycles. The lowest BCUT2D eigenvalue weighted by Gasteiger charge is -2.39. The van der Waals surface area contributed by atoms with Crippen LogP contribution >= 0.6 is 0 Å². The molecule has 0 amide bonds. The van der Waals surface area contributed by atoms with Crippen LogP contribution in [0.5, 0.6) is 0 Å². The van der Waals surface area contributed by atoms with Crippen LogP contribution in [-0.2, 0) is 5.41 Å². The molecule has 1 unspecified atom stereocenters. The number of benzene rings is 1. The van der Waals surface area contributed by atoms with Gasteiger partial charge < -0.3 is 0 Å². The maximum Gasteiger partial charge on any atom is 0.0740 e. The highest BCUT2D eigenvalue weighted by Crippen LogP contribution is 2.47. The Labute approximate surface area is 102 Å². The molecule has 17 heavy (non-hydrogen) atoms. The molecule has 0 bridgehead atoms. The molecular weight excluding hydrogens is 206 g/mol. The highest BCUT2D eigenvalue weighted by molar-refractivity contribution is 5.97. The van der Waals surface area contributed by atoms with E-state index in [0.29, 0.717) is 5.92 Å². The van der Waals surface area contributed by atoms with Gasteiger partial charge >= 0.3 is 0 Å². The molecule has 2 aromatic rings. The van der Waals surface area contributed by atoms with Crippen LogP contribution in [0.2, 0.25) is 0 Å². The van der Waals surface area contributed by atoms with Crippen LogP contribution < -0.4 is 0 Å². The zero-order valence-corrected chi connectivity index (χ0v) is 10.6. The maximum atomic E-state index is 4.53. The molecule has 1 heteroatoms. The molecule has 0 saturated heterocycles. The molecule has 1 aromatic heterocycles. The van der Waals surface area contributed by atoms with E-state index in [0.717, 1.165) is 5.69 Å². The zero-order chi connectivity index (χ0) is 12.2. The minimum absolute atomic E-state index is 0.132. The molecule has 0 radical (unpaired) electrons. The molecule has 86 valence electrons. The lowest BCUT2D eigenvalue weighted by Crippen LogP contribution is -2.31. The van der Waals surface area contributed by atoms with Crippen LogP contribution in [0.15, 0.2) is 37.0 Å². The molecule has 1 nitrogen and oxygen atoms in total. The van der Waals surface area contributed by atoms with Crippen molar-refractivity contribution in [3.63, 3.8) is 0 Å². The van der Waals surface area contributed by atoms with Gasteiger partial charge in [-0.3, -0.25) is 4.98 Å². The van der Waals surface area contributed by atoms with Gasteiger partial charge in [0.1, 0.15) is 0 Å². The minimum atomic E-state index is 0.132. The highest BCUT2D eigenvalue weighted by atomic mass is 14.7. The smallest absolute Gasteiger partial charge is 0.0740 e. The Morgan fingerprint density at radius 3 is 2.76 bits per heavy atom. The molecule has 1 atom stereocenters. The second-order valence-corrected chi connectivity index (χ2v) is 5.53. The topological polar surface area (TPSA) is 12.9 Å². The van der Waals surface area contributed by atoms with Crippen LogP contribution in [-0.4, -0.2) is 4.98 Å². The Morgan fingerprint density at radius 2 is 2.00 bits per heavy atom. The van der Waals surface area contributed by atoms with E-state index in [1.165, 1.54) is 21.9 Å². The van der Waals surface area contributed by atoms with Crippen molar-refractivity contribution < 1.29 is 0 Å². The number of nitrogens with zero attached hydrogens (tertiary/aromatic N) is 1. The fourth-order valence-electron chi connectivity index (χ4n) is 2.88. The van der Waals surface area contributed by atoms with Gasteiger partial charge in [-0.25, -0.2) is 0 Å². The first-order valence-corrected chi connectivity index (χ1v) is 6.11. The SMILES string of the molecule is C=C1c2nccc3cccc(c23)C(C)(C)C1C. The Hall–Kier alpha value is -1.63. The first kappa shape index (κ1) is 10.5. The predicted molar refractivity (Wildman–Crippen MR) is 73.0 cm³/mol. The van der Waals surface area contributed by atoms with E-state index < -0.39 is 0 Å². The first-order chi connectivity index (χ1) is 8.03. The van der Waals surface area contributed by atoms with Gasteiger partial charge in [-0.2, -0.15) is 0 Å². The minimum Gasteiger partial charge on any atom is -0.256 e. The Kier molecular flexibility index (Phi) is 1.97. The van der Waals surface area contributed by atoms with E-state index in [1.54, 1.807) is 0 Å². The number of allylic oxidation sites excluding steroid dienone is 1. The molecule has 1 aliphatic rings. The number of aromatic nitrogens is 1. The fourth-order valence-corrected chi connectivity index (χ4v) is 2.88. The van der Waals surface area contributed by atoms with Gasteiger partial charge in [0.2, 0.25) is 0 Å². The monoisotopic (exact) mass is 223 g/mol. The third-order valence-electron chi connectivity index (χ3n) is 4.39. The molecule has 0 aliphatic heterocycles. The summed E-state index contributed by atoms with van der Waals surface area (Å²) in [4.78, 5) is 4.53. The third-order valence-corrected chi connectivity index (χ3v) is 4.39. The summed E-state index contributed by atoms with van der Waals surface area (Å²) in [5, 5.41) is 2.57. The number of hydrogen-bond donors (Lipinski definition) is 0. The molecule has 0 fully saturated rings. The van der Waals surface area contributed by atoms with Gasteiger partial charge in [-0.05, 0) is 33.9 Å².